The first-order chi connectivity index (χ1) is 16.3. The monoisotopic (exact) mass is 457 g/mol. The number of rotatable bonds is 4. The Morgan fingerprint density at radius 3 is 2.71 bits per heavy atom. The quantitative estimate of drug-likeness (QED) is 0.392. The highest BCUT2D eigenvalue weighted by molar-refractivity contribution is 6.01. The lowest BCUT2D eigenvalue weighted by molar-refractivity contribution is 0.0733. The fraction of sp³-hybridized carbons (Fsp3) is 0.296. The van der Waals surface area contributed by atoms with Crippen LogP contribution in [-0.4, -0.2) is 39.1 Å². The Balaban J connectivity index is 1.56. The maximum absolute atomic E-state index is 14.9. The molecule has 174 valence electrons. The average Bonchev–Trinajstić information content (AvgIpc) is 3.46. The van der Waals surface area contributed by atoms with Crippen LogP contribution < -0.4 is 5.73 Å². The van der Waals surface area contributed by atoms with Crippen LogP contribution in [0.25, 0.3) is 33.4 Å². The van der Waals surface area contributed by atoms with Crippen LogP contribution in [0.3, 0.4) is 0 Å². The molecule has 1 fully saturated rings. The van der Waals surface area contributed by atoms with E-state index < -0.39 is 5.82 Å². The molecule has 2 atom stereocenters. The Hall–Kier alpha value is -3.74. The number of carbonyl (C=O) groups is 1. The van der Waals surface area contributed by atoms with E-state index in [0.717, 1.165) is 41.5 Å². The van der Waals surface area contributed by atoms with E-state index in [9.17, 15) is 9.18 Å². The number of pyridine rings is 1. The molecule has 1 aliphatic rings. The number of aryl methyl sites for hydroxylation is 1. The number of nitrogens with one attached hydrogen (secondary N) is 1. The third kappa shape index (κ3) is 3.81. The van der Waals surface area contributed by atoms with Crippen LogP contribution in [0.2, 0.25) is 0 Å². The van der Waals surface area contributed by atoms with E-state index in [1.807, 2.05) is 37.3 Å². The summed E-state index contributed by atoms with van der Waals surface area (Å²) >= 11 is 0. The lowest BCUT2D eigenvalue weighted by atomic mass is 9.99. The number of fused-ring (bicyclic) bond motifs is 1. The van der Waals surface area contributed by atoms with Gasteiger partial charge in [0.15, 0.2) is 5.65 Å². The molecular formula is C27H28FN5O. The van der Waals surface area contributed by atoms with Crippen LogP contribution in [0.1, 0.15) is 42.1 Å². The van der Waals surface area contributed by atoms with Gasteiger partial charge in [0.25, 0.3) is 5.91 Å². The maximum atomic E-state index is 14.9. The zero-order valence-corrected chi connectivity index (χ0v) is 19.6. The van der Waals surface area contributed by atoms with Crippen molar-refractivity contribution in [2.75, 3.05) is 12.8 Å². The summed E-state index contributed by atoms with van der Waals surface area (Å²) in [5, 5.41) is 8.24. The predicted octanol–water partition coefficient (Wildman–Crippen LogP) is 5.58. The van der Waals surface area contributed by atoms with Gasteiger partial charge in [0.2, 0.25) is 0 Å². The van der Waals surface area contributed by atoms with E-state index in [1.54, 1.807) is 24.2 Å². The topological polar surface area (TPSA) is 87.9 Å². The summed E-state index contributed by atoms with van der Waals surface area (Å²) in [6, 6.07) is 13.1. The van der Waals surface area contributed by atoms with Gasteiger partial charge in [-0.05, 0) is 61.4 Å². The normalized spacial score (nSPS) is 17.9. The van der Waals surface area contributed by atoms with Crippen LogP contribution in [-0.2, 0) is 0 Å². The lowest BCUT2D eigenvalue weighted by Gasteiger charge is -2.25. The first-order valence-electron chi connectivity index (χ1n) is 11.6. The van der Waals surface area contributed by atoms with Gasteiger partial charge in [0.05, 0.1) is 16.9 Å². The Morgan fingerprint density at radius 2 is 1.97 bits per heavy atom. The second-order valence-electron chi connectivity index (χ2n) is 9.42. The van der Waals surface area contributed by atoms with Gasteiger partial charge in [-0.2, -0.15) is 5.10 Å². The van der Waals surface area contributed by atoms with E-state index in [4.69, 9.17) is 5.73 Å². The molecule has 1 amide bonds. The van der Waals surface area contributed by atoms with Gasteiger partial charge in [0, 0.05) is 35.8 Å². The van der Waals surface area contributed by atoms with Crippen LogP contribution in [0.15, 0.2) is 48.7 Å². The lowest BCUT2D eigenvalue weighted by Crippen LogP contribution is -2.36. The number of nitrogens with two attached hydrogens (primary N) is 1. The van der Waals surface area contributed by atoms with Gasteiger partial charge in [-0.1, -0.05) is 31.2 Å². The van der Waals surface area contributed by atoms with Crippen molar-refractivity contribution in [1.29, 1.82) is 0 Å². The van der Waals surface area contributed by atoms with Crippen molar-refractivity contribution >= 4 is 22.6 Å². The van der Waals surface area contributed by atoms with Crippen molar-refractivity contribution in [3.63, 3.8) is 0 Å². The standard InChI is InChI=1S/C27H28FN5O/c1-15-8-9-19(10-15)33(3)27(34)21-11-17(13-23(28)24(21)29)18-12-22-25(31-32-26(22)30-14-18)20-7-5-4-6-16(20)2/h4-7,11-15,19H,8-10,29H2,1-3H3,(H,30,31,32). The number of nitrogen functional groups attached to an aromatic ring is 1. The highest BCUT2D eigenvalue weighted by atomic mass is 19.1. The minimum absolute atomic E-state index is 0.121. The number of benzene rings is 2. The predicted molar refractivity (Wildman–Crippen MR) is 133 cm³/mol. The number of nitrogens with zero attached hydrogens (tertiary/aromatic N) is 3. The molecule has 2 aromatic heterocycles. The summed E-state index contributed by atoms with van der Waals surface area (Å²) in [7, 11) is 1.78. The number of halogens is 1. The SMILES string of the molecule is Cc1ccccc1-c1[nH]nc2ncc(-c3cc(F)c(N)c(C(=O)N(C)C4CCC(C)C4)c3)cc12. The summed E-state index contributed by atoms with van der Waals surface area (Å²) in [5.41, 5.74) is 10.9. The van der Waals surface area contributed by atoms with E-state index in [1.165, 1.54) is 6.07 Å². The summed E-state index contributed by atoms with van der Waals surface area (Å²) < 4.78 is 14.9. The molecular weight excluding hydrogens is 429 g/mol. The molecule has 7 heteroatoms. The van der Waals surface area contributed by atoms with Crippen molar-refractivity contribution < 1.29 is 9.18 Å². The third-order valence-electron chi connectivity index (χ3n) is 7.05. The molecule has 1 aliphatic carbocycles. The maximum Gasteiger partial charge on any atom is 0.256 e. The molecule has 0 spiro atoms. The first kappa shape index (κ1) is 22.1. The Kier molecular flexibility index (Phi) is 5.55. The fourth-order valence-corrected chi connectivity index (χ4v) is 4.96. The Bertz CT molecular complexity index is 1400. The number of hydrogen-bond acceptors (Lipinski definition) is 4. The fourth-order valence-electron chi connectivity index (χ4n) is 4.96. The van der Waals surface area contributed by atoms with Crippen molar-refractivity contribution in [1.82, 2.24) is 20.1 Å². The highest BCUT2D eigenvalue weighted by Crippen LogP contribution is 2.34. The Morgan fingerprint density at radius 1 is 1.18 bits per heavy atom. The van der Waals surface area contributed by atoms with E-state index >= 15 is 0 Å². The molecule has 0 saturated heterocycles. The van der Waals surface area contributed by atoms with Gasteiger partial charge < -0.3 is 10.6 Å². The third-order valence-corrected chi connectivity index (χ3v) is 7.05. The second kappa shape index (κ2) is 8.56. The van der Waals surface area contributed by atoms with Crippen LogP contribution >= 0.6 is 0 Å². The molecule has 3 N–H and O–H groups in total. The molecule has 1 saturated carbocycles. The van der Waals surface area contributed by atoms with Crippen LogP contribution in [0.5, 0.6) is 0 Å². The van der Waals surface area contributed by atoms with Gasteiger partial charge in [-0.25, -0.2) is 9.37 Å². The molecule has 5 rings (SSSR count). The zero-order chi connectivity index (χ0) is 24.0. The van der Waals surface area contributed by atoms with E-state index in [0.29, 0.717) is 22.7 Å². The number of anilines is 1. The zero-order valence-electron chi connectivity index (χ0n) is 19.6. The van der Waals surface area contributed by atoms with Crippen molar-refractivity contribution in [2.45, 2.75) is 39.2 Å². The number of H-pyrrole nitrogens is 1. The molecule has 4 aromatic rings. The van der Waals surface area contributed by atoms with E-state index in [2.05, 4.69) is 22.1 Å². The largest absolute Gasteiger partial charge is 0.396 e. The van der Waals surface area contributed by atoms with Gasteiger partial charge in [-0.3, -0.25) is 9.89 Å². The summed E-state index contributed by atoms with van der Waals surface area (Å²) in [6.07, 6.45) is 4.64. The van der Waals surface area contributed by atoms with Gasteiger partial charge >= 0.3 is 0 Å². The molecule has 2 aromatic carbocycles. The smallest absolute Gasteiger partial charge is 0.256 e. The number of hydrogen-bond donors (Lipinski definition) is 2. The Labute approximate surface area is 198 Å². The molecule has 0 bridgehead atoms. The molecule has 2 unspecified atom stereocenters. The first-order valence-corrected chi connectivity index (χ1v) is 11.6. The minimum Gasteiger partial charge on any atom is -0.396 e. The van der Waals surface area contributed by atoms with Gasteiger partial charge in [-0.15, -0.1) is 0 Å². The second-order valence-corrected chi connectivity index (χ2v) is 9.42. The molecule has 6 nitrogen and oxygen atoms in total. The molecule has 34 heavy (non-hydrogen) atoms. The number of aromatic amines is 1. The minimum atomic E-state index is -0.611. The average molecular weight is 458 g/mol. The molecule has 2 heterocycles. The van der Waals surface area contributed by atoms with Crippen molar-refractivity contribution in [3.8, 4) is 22.4 Å². The van der Waals surface area contributed by atoms with Crippen molar-refractivity contribution in [2.24, 2.45) is 5.92 Å². The molecule has 0 radical (unpaired) electrons. The number of aromatic nitrogens is 3. The van der Waals surface area contributed by atoms with Crippen molar-refractivity contribution in [3.05, 3.63) is 65.6 Å². The van der Waals surface area contributed by atoms with Gasteiger partial charge in [0.1, 0.15) is 5.82 Å². The van der Waals surface area contributed by atoms with Crippen LogP contribution in [0, 0.1) is 18.7 Å². The number of amides is 1. The highest BCUT2D eigenvalue weighted by Gasteiger charge is 2.29. The number of carbonyl (C=O) groups excluding carboxylic acids is 1. The molecule has 0 aliphatic heterocycles. The van der Waals surface area contributed by atoms with E-state index in [-0.39, 0.29) is 23.2 Å². The summed E-state index contributed by atoms with van der Waals surface area (Å²) in [6.45, 7) is 4.23. The summed E-state index contributed by atoms with van der Waals surface area (Å²) in [4.78, 5) is 19.5. The van der Waals surface area contributed by atoms with Crippen LogP contribution in [0.4, 0.5) is 10.1 Å². The summed E-state index contributed by atoms with van der Waals surface area (Å²) in [5.74, 6) is -0.286.